The molecule has 2 aliphatic carbocycles. The van der Waals surface area contributed by atoms with Gasteiger partial charge in [0.1, 0.15) is 30.2 Å². The van der Waals surface area contributed by atoms with Crippen LogP contribution in [0.15, 0.2) is 139 Å². The number of hydrogen-bond donors (Lipinski definition) is 4. The molecule has 4 aliphatic rings. The van der Waals surface area contributed by atoms with Gasteiger partial charge in [-0.15, -0.1) is 0 Å². The van der Waals surface area contributed by atoms with Crippen LogP contribution in [-0.2, 0) is 46.4 Å². The fourth-order valence-corrected chi connectivity index (χ4v) is 11.0. The Morgan fingerprint density at radius 1 is 0.739 bits per heavy atom. The molecule has 464 valence electrons. The number of rotatable bonds is 32. The average Bonchev–Trinajstić information content (AvgIpc) is 2.57. The van der Waals surface area contributed by atoms with Crippen molar-refractivity contribution in [2.24, 2.45) is 0 Å². The number of aromatic nitrogens is 3. The van der Waals surface area contributed by atoms with Crippen LogP contribution in [0.2, 0.25) is 10.0 Å². The Balaban J connectivity index is 0.529. The molecule has 1 saturated carbocycles. The first kappa shape index (κ1) is 63.8. The van der Waals surface area contributed by atoms with Gasteiger partial charge >= 0.3 is 0 Å². The number of carbonyl (C=O) groups excluding carboxylic acids is 4. The summed E-state index contributed by atoms with van der Waals surface area (Å²) in [7, 11) is 2.10. The van der Waals surface area contributed by atoms with Crippen molar-refractivity contribution in [1.29, 1.82) is 0 Å². The molecule has 0 spiro atoms. The molecule has 10 rings (SSSR count). The lowest BCUT2D eigenvalue weighted by molar-refractivity contribution is -0.133. The quantitative estimate of drug-likeness (QED) is 0.0300. The molecule has 0 radical (unpaired) electrons. The Morgan fingerprint density at radius 2 is 1.40 bits per heavy atom. The van der Waals surface area contributed by atoms with Crippen molar-refractivity contribution in [2.45, 2.75) is 56.6 Å². The van der Waals surface area contributed by atoms with Gasteiger partial charge in [0.15, 0.2) is 0 Å². The van der Waals surface area contributed by atoms with Gasteiger partial charge in [0.25, 0.3) is 17.7 Å². The second-order valence-corrected chi connectivity index (χ2v) is 23.1. The first-order valence-electron chi connectivity index (χ1n) is 30.2. The third-order valence-corrected chi connectivity index (χ3v) is 16.2. The van der Waals surface area contributed by atoms with Gasteiger partial charge < -0.3 is 54.8 Å². The van der Waals surface area contributed by atoms with Gasteiger partial charge in [0, 0.05) is 91.2 Å². The van der Waals surface area contributed by atoms with E-state index in [4.69, 9.17) is 56.9 Å². The van der Waals surface area contributed by atoms with Crippen molar-refractivity contribution < 1.29 is 42.9 Å². The predicted octanol–water partition coefficient (Wildman–Crippen LogP) is 7.59. The number of para-hydroxylation sites is 1. The normalized spacial score (nSPS) is 17.0. The summed E-state index contributed by atoms with van der Waals surface area (Å²) in [5.41, 5.74) is 5.53. The van der Waals surface area contributed by atoms with Crippen LogP contribution >= 0.6 is 23.2 Å². The summed E-state index contributed by atoms with van der Waals surface area (Å²) in [5.74, 6) is 1.03. The van der Waals surface area contributed by atoms with Crippen LogP contribution in [0, 0.1) is 0 Å². The van der Waals surface area contributed by atoms with Gasteiger partial charge in [0.2, 0.25) is 5.91 Å². The third kappa shape index (κ3) is 18.7. The molecule has 0 bridgehead atoms. The zero-order chi connectivity index (χ0) is 61.0. The zero-order valence-electron chi connectivity index (χ0n) is 49.6. The molecule has 3 fully saturated rings. The van der Waals surface area contributed by atoms with Crippen LogP contribution in [0.4, 0.5) is 11.6 Å². The van der Waals surface area contributed by atoms with Crippen LogP contribution in [0.1, 0.15) is 68.5 Å². The number of amides is 4. The standard InChI is InChI=1S/C66H77Cl2N11O9/c1-76(27-4-25-69-63-55-5-2-3-6-56(55)72-60(74-63)44-77-28-30-78(31-29-77)62(47-11-17-52(67)18-12-47)48-13-19-53(68)20-14-48)32-34-85-36-38-87-40-39-86-37-35-84-33-26-70-64(81)51-16-24-59(71-42-51)75-65(82)49-9-7-46(8-10-49)43-79(54-21-22-54)66(83)50-15-23-57-58(41-50)88-45-61(80)73-57/h2-3,5-20,23-24,41-42,54,57-58,62H,4,21-22,25-40,43-45H2,1H3,(H,70,81)(H,73,80)(H,69,72,74)(H,71,75,82). The number of ether oxygens (including phenoxy) is 5. The molecule has 2 aromatic heterocycles. The van der Waals surface area contributed by atoms with Crippen LogP contribution in [0.5, 0.6) is 0 Å². The highest BCUT2D eigenvalue weighted by atomic mass is 35.5. The van der Waals surface area contributed by atoms with Crippen molar-refractivity contribution >= 4 is 69.4 Å². The Bertz CT molecular complexity index is 3280. The number of halogens is 2. The summed E-state index contributed by atoms with van der Waals surface area (Å²) >= 11 is 12.5. The number of likely N-dealkylation sites (N-methyl/N-ethyl adjacent to an activating group) is 1. The van der Waals surface area contributed by atoms with E-state index in [-0.39, 0.29) is 54.5 Å². The number of pyridine rings is 1. The topological polar surface area (TPSA) is 214 Å². The van der Waals surface area contributed by atoms with E-state index in [1.807, 2.05) is 53.4 Å². The highest BCUT2D eigenvalue weighted by Gasteiger charge is 2.36. The highest BCUT2D eigenvalue weighted by Crippen LogP contribution is 2.33. The van der Waals surface area contributed by atoms with E-state index >= 15 is 0 Å². The second-order valence-electron chi connectivity index (χ2n) is 22.2. The molecule has 88 heavy (non-hydrogen) atoms. The molecule has 2 aliphatic heterocycles. The predicted molar refractivity (Wildman–Crippen MR) is 338 cm³/mol. The molecule has 4 heterocycles. The van der Waals surface area contributed by atoms with Crippen molar-refractivity contribution in [3.63, 3.8) is 0 Å². The van der Waals surface area contributed by atoms with Crippen molar-refractivity contribution in [1.82, 2.24) is 45.2 Å². The van der Waals surface area contributed by atoms with Crippen molar-refractivity contribution in [2.75, 3.05) is 130 Å². The minimum Gasteiger partial charge on any atom is -0.378 e. The maximum absolute atomic E-state index is 13.6. The minimum atomic E-state index is -0.380. The van der Waals surface area contributed by atoms with Gasteiger partial charge in [-0.25, -0.2) is 15.0 Å². The Morgan fingerprint density at radius 3 is 2.07 bits per heavy atom. The molecule has 6 aromatic rings. The van der Waals surface area contributed by atoms with Crippen LogP contribution in [-0.4, -0.2) is 195 Å². The van der Waals surface area contributed by atoms with Crippen LogP contribution in [0.3, 0.4) is 0 Å². The van der Waals surface area contributed by atoms with E-state index in [1.54, 1.807) is 42.5 Å². The fraction of sp³-hybridized carbons (Fsp3) is 0.409. The van der Waals surface area contributed by atoms with E-state index in [1.165, 1.54) is 17.3 Å². The maximum atomic E-state index is 13.6. The molecule has 2 unspecified atom stereocenters. The van der Waals surface area contributed by atoms with Crippen molar-refractivity contribution in [3.8, 4) is 0 Å². The maximum Gasteiger partial charge on any atom is 0.256 e. The molecule has 4 N–H and O–H groups in total. The molecule has 20 nitrogen and oxygen atoms in total. The Hall–Kier alpha value is -7.21. The highest BCUT2D eigenvalue weighted by molar-refractivity contribution is 6.30. The third-order valence-electron chi connectivity index (χ3n) is 15.7. The van der Waals surface area contributed by atoms with Crippen LogP contribution < -0.4 is 21.3 Å². The Kier molecular flexibility index (Phi) is 23.4. The van der Waals surface area contributed by atoms with Crippen molar-refractivity contribution in [3.05, 3.63) is 183 Å². The largest absolute Gasteiger partial charge is 0.378 e. The lowest BCUT2D eigenvalue weighted by Crippen LogP contribution is -2.51. The monoisotopic (exact) mass is 1240 g/mol. The molecule has 2 saturated heterocycles. The molecule has 4 amide bonds. The summed E-state index contributed by atoms with van der Waals surface area (Å²) < 4.78 is 28.4. The van der Waals surface area contributed by atoms with Gasteiger partial charge in [0.05, 0.1) is 82.6 Å². The first-order valence-corrected chi connectivity index (χ1v) is 31.0. The molecule has 2 atom stereocenters. The summed E-state index contributed by atoms with van der Waals surface area (Å²) in [4.78, 5) is 74.5. The van der Waals surface area contributed by atoms with E-state index in [2.05, 4.69) is 84.4 Å². The molecular weight excluding hydrogens is 1160 g/mol. The first-order chi connectivity index (χ1) is 43.0. The van der Waals surface area contributed by atoms with E-state index < -0.39 is 0 Å². The van der Waals surface area contributed by atoms with Gasteiger partial charge in [-0.1, -0.05) is 83.9 Å². The zero-order valence-corrected chi connectivity index (χ0v) is 51.1. The number of morpholine rings is 1. The number of fused-ring (bicyclic) bond motifs is 2. The summed E-state index contributed by atoms with van der Waals surface area (Å²) in [6.45, 7) is 10.9. The number of nitrogens with one attached hydrogen (secondary N) is 4. The SMILES string of the molecule is CN(CCCNc1nc(CN2CCN(C(c3ccc(Cl)cc3)c3ccc(Cl)cc3)CC2)nc2ccccc12)CCOCCOCCOCCOCCNC(=O)c1ccc(NC(=O)c2ccc(CN(C(=O)C3=CC4OCC(=O)NC4C=C3)C3CC3)cc2)nc1. The summed E-state index contributed by atoms with van der Waals surface area (Å²) in [6.07, 6.45) is 9.15. The summed E-state index contributed by atoms with van der Waals surface area (Å²) in [6, 6.07) is 34.7. The Labute approximate surface area is 523 Å². The van der Waals surface area contributed by atoms with Gasteiger partial charge in [-0.2, -0.15) is 0 Å². The molecular formula is C66H77Cl2N11O9. The number of hydrogen-bond acceptors (Lipinski definition) is 16. The fourth-order valence-electron chi connectivity index (χ4n) is 10.7. The lowest BCUT2D eigenvalue weighted by atomic mass is 9.96. The van der Waals surface area contributed by atoms with E-state index in [0.717, 1.165) is 103 Å². The van der Waals surface area contributed by atoms with E-state index in [0.29, 0.717) is 95.0 Å². The lowest BCUT2D eigenvalue weighted by Gasteiger charge is -2.39. The van der Waals surface area contributed by atoms with E-state index in [9.17, 15) is 19.2 Å². The smallest absolute Gasteiger partial charge is 0.256 e. The second kappa shape index (κ2) is 32.3. The molecule has 4 aromatic carbocycles. The number of carbonyl (C=O) groups is 4. The van der Waals surface area contributed by atoms with Gasteiger partial charge in [-0.3, -0.25) is 29.0 Å². The average molecular weight is 1240 g/mol. The number of piperazine rings is 1. The number of nitrogens with zero attached hydrogens (tertiary/aromatic N) is 7. The van der Waals surface area contributed by atoms with Gasteiger partial charge in [-0.05, 0) is 116 Å². The number of benzene rings is 4. The number of anilines is 2. The molecule has 22 heteroatoms. The summed E-state index contributed by atoms with van der Waals surface area (Å²) in [5, 5.41) is 14.5. The minimum absolute atomic E-state index is 0.0359. The van der Waals surface area contributed by atoms with Crippen LogP contribution in [0.25, 0.3) is 10.9 Å².